The third kappa shape index (κ3) is 3.82. The number of aryl methyl sites for hydroxylation is 3. The number of imidazole rings is 1. The molecule has 7 nitrogen and oxygen atoms in total. The van der Waals surface area contributed by atoms with E-state index in [0.717, 1.165) is 33.9 Å². The van der Waals surface area contributed by atoms with Crippen molar-refractivity contribution in [3.63, 3.8) is 0 Å². The minimum Gasteiger partial charge on any atom is -0.349 e. The maximum Gasteiger partial charge on any atom is 0.274 e. The van der Waals surface area contributed by atoms with Crippen LogP contribution in [0.25, 0.3) is 16.1 Å². The summed E-state index contributed by atoms with van der Waals surface area (Å²) in [7, 11) is 0. The van der Waals surface area contributed by atoms with Gasteiger partial charge in [0.25, 0.3) is 11.8 Å². The highest BCUT2D eigenvalue weighted by molar-refractivity contribution is 7.15. The molecule has 1 aliphatic carbocycles. The maximum absolute atomic E-state index is 13.8. The van der Waals surface area contributed by atoms with Crippen molar-refractivity contribution in [3.05, 3.63) is 76.3 Å². The second-order valence-corrected chi connectivity index (χ2v) is 10.9. The topological polar surface area (TPSA) is 79.6 Å². The lowest BCUT2D eigenvalue weighted by Gasteiger charge is -2.27. The normalized spacial score (nSPS) is 20.8. The van der Waals surface area contributed by atoms with Crippen molar-refractivity contribution in [2.24, 2.45) is 5.92 Å². The number of aromatic nitrogens is 3. The predicted octanol–water partition coefficient (Wildman–Crippen LogP) is 4.42. The molecule has 8 heteroatoms. The Bertz CT molecular complexity index is 1470. The molecule has 2 aliphatic rings. The molecule has 3 aromatic heterocycles. The lowest BCUT2D eigenvalue weighted by molar-refractivity contribution is 0.0684. The molecule has 35 heavy (non-hydrogen) atoms. The van der Waals surface area contributed by atoms with Gasteiger partial charge in [0.15, 0.2) is 0 Å². The summed E-state index contributed by atoms with van der Waals surface area (Å²) in [4.78, 5) is 38.7. The van der Waals surface area contributed by atoms with E-state index in [2.05, 4.69) is 47.3 Å². The van der Waals surface area contributed by atoms with Crippen LogP contribution in [0, 0.1) is 26.7 Å². The molecule has 4 heterocycles. The Hall–Kier alpha value is -3.52. The molecule has 1 saturated heterocycles. The van der Waals surface area contributed by atoms with Crippen LogP contribution in [-0.4, -0.2) is 49.7 Å². The molecular weight excluding hydrogens is 458 g/mol. The lowest BCUT2D eigenvalue weighted by atomic mass is 10.0. The van der Waals surface area contributed by atoms with Gasteiger partial charge < -0.3 is 10.2 Å². The Labute approximate surface area is 207 Å². The average molecular weight is 486 g/mol. The minimum atomic E-state index is -0.183. The Morgan fingerprint density at radius 2 is 1.97 bits per heavy atom. The van der Waals surface area contributed by atoms with Crippen LogP contribution in [0.3, 0.4) is 0 Å². The van der Waals surface area contributed by atoms with Crippen LogP contribution in [-0.2, 0) is 0 Å². The van der Waals surface area contributed by atoms with Gasteiger partial charge in [-0.3, -0.25) is 14.0 Å². The number of rotatable bonds is 5. The van der Waals surface area contributed by atoms with Crippen LogP contribution >= 0.6 is 11.3 Å². The molecule has 1 aliphatic heterocycles. The lowest BCUT2D eigenvalue weighted by Crippen LogP contribution is -2.45. The Balaban J connectivity index is 1.23. The molecule has 0 radical (unpaired) electrons. The third-order valence-electron chi connectivity index (χ3n) is 7.30. The number of benzene rings is 1. The Morgan fingerprint density at radius 1 is 1.11 bits per heavy atom. The number of carbonyl (C=O) groups excluding carboxylic acids is 2. The first-order valence-corrected chi connectivity index (χ1v) is 12.8. The Morgan fingerprint density at radius 3 is 2.80 bits per heavy atom. The molecular formula is C27H27N5O2S. The van der Waals surface area contributed by atoms with Gasteiger partial charge in [0.05, 0.1) is 22.1 Å². The molecule has 4 aromatic rings. The van der Waals surface area contributed by atoms with Crippen LogP contribution in [0.2, 0.25) is 0 Å². The highest BCUT2D eigenvalue weighted by atomic mass is 32.1. The van der Waals surface area contributed by atoms with Crippen LogP contribution in [0.1, 0.15) is 50.0 Å². The molecule has 3 unspecified atom stereocenters. The minimum absolute atomic E-state index is 0.0263. The standard InChI is InChI=1S/C27H27N5O2S/c1-15-7-8-18(10-16(15)2)25-24(30-17(3)35-25)27(34)32-20(11-19-12-21(19)32)13-29-26(33)22-14-28-23-6-4-5-9-31(22)23/h4-10,14,19-21H,11-13H2,1-3H3,(H,29,33). The van der Waals surface area contributed by atoms with Crippen LogP contribution < -0.4 is 5.32 Å². The number of likely N-dealkylation sites (tertiary alicyclic amines) is 1. The van der Waals surface area contributed by atoms with Gasteiger partial charge in [0, 0.05) is 18.8 Å². The molecule has 2 amide bonds. The summed E-state index contributed by atoms with van der Waals surface area (Å²) < 4.78 is 1.78. The summed E-state index contributed by atoms with van der Waals surface area (Å²) in [5.74, 6) is 0.306. The largest absolute Gasteiger partial charge is 0.349 e. The summed E-state index contributed by atoms with van der Waals surface area (Å²) in [6, 6.07) is 12.1. The molecule has 2 fully saturated rings. The van der Waals surface area contributed by atoms with Gasteiger partial charge >= 0.3 is 0 Å². The first-order valence-electron chi connectivity index (χ1n) is 12.0. The number of nitrogens with one attached hydrogen (secondary N) is 1. The highest BCUT2D eigenvalue weighted by Gasteiger charge is 2.54. The van der Waals surface area contributed by atoms with E-state index in [9.17, 15) is 9.59 Å². The fraction of sp³-hybridized carbons (Fsp3) is 0.333. The number of pyridine rings is 1. The molecule has 0 spiro atoms. The quantitative estimate of drug-likeness (QED) is 0.454. The smallest absolute Gasteiger partial charge is 0.274 e. The second kappa shape index (κ2) is 8.30. The highest BCUT2D eigenvalue weighted by Crippen LogP contribution is 2.48. The van der Waals surface area contributed by atoms with Crippen LogP contribution in [0.5, 0.6) is 0 Å². The van der Waals surface area contributed by atoms with Gasteiger partial charge in [-0.2, -0.15) is 0 Å². The predicted molar refractivity (Wildman–Crippen MR) is 136 cm³/mol. The van der Waals surface area contributed by atoms with Crippen molar-refractivity contribution in [1.29, 1.82) is 0 Å². The van der Waals surface area contributed by atoms with Crippen molar-refractivity contribution in [3.8, 4) is 10.4 Å². The van der Waals surface area contributed by atoms with E-state index in [-0.39, 0.29) is 23.9 Å². The van der Waals surface area contributed by atoms with Crippen molar-refractivity contribution in [2.75, 3.05) is 6.54 Å². The summed E-state index contributed by atoms with van der Waals surface area (Å²) in [5, 5.41) is 3.93. The summed E-state index contributed by atoms with van der Waals surface area (Å²) in [5.41, 5.74) is 5.21. The number of thiazole rings is 1. The van der Waals surface area contributed by atoms with E-state index < -0.39 is 0 Å². The van der Waals surface area contributed by atoms with Crippen molar-refractivity contribution in [2.45, 2.75) is 45.7 Å². The zero-order chi connectivity index (χ0) is 24.3. The average Bonchev–Trinajstić information content (AvgIpc) is 3.19. The fourth-order valence-corrected chi connectivity index (χ4v) is 6.14. The first kappa shape index (κ1) is 22.0. The molecule has 178 valence electrons. The Kier molecular flexibility index (Phi) is 5.21. The summed E-state index contributed by atoms with van der Waals surface area (Å²) in [6.45, 7) is 6.54. The number of carbonyl (C=O) groups is 2. The molecule has 0 bridgehead atoms. The summed E-state index contributed by atoms with van der Waals surface area (Å²) in [6.07, 6.45) is 5.36. The van der Waals surface area contributed by atoms with Gasteiger partial charge in [-0.1, -0.05) is 24.3 Å². The zero-order valence-electron chi connectivity index (χ0n) is 20.0. The van der Waals surface area contributed by atoms with Gasteiger partial charge in [0.2, 0.25) is 0 Å². The van der Waals surface area contributed by atoms with Gasteiger partial charge in [-0.25, -0.2) is 9.97 Å². The number of hydrogen-bond acceptors (Lipinski definition) is 5. The molecule has 1 N–H and O–H groups in total. The number of amides is 2. The van der Waals surface area contributed by atoms with Gasteiger partial charge in [-0.05, 0) is 68.4 Å². The van der Waals surface area contributed by atoms with Gasteiger partial charge in [-0.15, -0.1) is 11.3 Å². The third-order valence-corrected chi connectivity index (χ3v) is 8.32. The second-order valence-electron chi connectivity index (χ2n) is 9.66. The van der Waals surface area contributed by atoms with E-state index in [1.807, 2.05) is 36.2 Å². The molecule has 6 rings (SSSR count). The number of nitrogens with zero attached hydrogens (tertiary/aromatic N) is 4. The van der Waals surface area contributed by atoms with E-state index in [4.69, 9.17) is 0 Å². The van der Waals surface area contributed by atoms with Crippen molar-refractivity contribution >= 4 is 28.8 Å². The van der Waals surface area contributed by atoms with Crippen LogP contribution in [0.15, 0.2) is 48.8 Å². The molecule has 3 atom stereocenters. The molecule has 1 saturated carbocycles. The maximum atomic E-state index is 13.8. The van der Waals surface area contributed by atoms with E-state index in [0.29, 0.717) is 23.9 Å². The van der Waals surface area contributed by atoms with Crippen LogP contribution in [0.4, 0.5) is 0 Å². The number of hydrogen-bond donors (Lipinski definition) is 1. The monoisotopic (exact) mass is 485 g/mol. The van der Waals surface area contributed by atoms with Crippen molar-refractivity contribution < 1.29 is 9.59 Å². The molecule has 1 aromatic carbocycles. The van der Waals surface area contributed by atoms with E-state index in [1.165, 1.54) is 11.1 Å². The van der Waals surface area contributed by atoms with E-state index >= 15 is 0 Å². The first-order chi connectivity index (χ1) is 16.9. The van der Waals surface area contributed by atoms with E-state index in [1.54, 1.807) is 21.9 Å². The zero-order valence-corrected chi connectivity index (χ0v) is 20.8. The fourth-order valence-electron chi connectivity index (χ4n) is 5.23. The van der Waals surface area contributed by atoms with Gasteiger partial charge in [0.1, 0.15) is 17.0 Å². The number of fused-ring (bicyclic) bond motifs is 2. The number of piperidine rings is 1. The summed E-state index contributed by atoms with van der Waals surface area (Å²) >= 11 is 1.56. The SMILES string of the molecule is Cc1nc(C(=O)N2C(CNC(=O)c3cnc4ccccn34)CC3CC32)c(-c2ccc(C)c(C)c2)s1. The van der Waals surface area contributed by atoms with Crippen molar-refractivity contribution in [1.82, 2.24) is 24.6 Å².